The van der Waals surface area contributed by atoms with Crippen LogP contribution in [0.1, 0.15) is 36.8 Å². The number of ether oxygens (including phenoxy) is 3. The van der Waals surface area contributed by atoms with E-state index in [1.807, 2.05) is 18.2 Å². The van der Waals surface area contributed by atoms with Crippen molar-refractivity contribution in [3.8, 4) is 17.2 Å². The largest absolute Gasteiger partial charge is 0.493 e. The lowest BCUT2D eigenvalue weighted by Gasteiger charge is -2.37. The molecule has 40 heavy (non-hydrogen) atoms. The van der Waals surface area contributed by atoms with Crippen LogP contribution in [0.15, 0.2) is 42.5 Å². The minimum atomic E-state index is -4.43. The van der Waals surface area contributed by atoms with Gasteiger partial charge in [-0.1, -0.05) is 12.1 Å². The first-order valence-electron chi connectivity index (χ1n) is 13.9. The molecule has 1 amide bonds. The summed E-state index contributed by atoms with van der Waals surface area (Å²) in [4.78, 5) is 17.8. The molecule has 0 spiro atoms. The van der Waals surface area contributed by atoms with E-state index in [2.05, 4.69) is 22.2 Å². The molecule has 2 heterocycles. The topological polar surface area (TPSA) is 63.3 Å². The Bertz CT molecular complexity index is 1130. The van der Waals surface area contributed by atoms with Crippen molar-refractivity contribution in [3.05, 3.63) is 53.6 Å². The van der Waals surface area contributed by atoms with Crippen molar-refractivity contribution in [2.24, 2.45) is 11.8 Å². The minimum Gasteiger partial charge on any atom is -0.493 e. The number of nitrogens with one attached hydrogen (secondary N) is 1. The first-order valence-corrected chi connectivity index (χ1v) is 13.9. The van der Waals surface area contributed by atoms with Crippen LogP contribution in [0.4, 0.5) is 13.2 Å². The summed E-state index contributed by atoms with van der Waals surface area (Å²) in [5, 5.41) is 3.14. The van der Waals surface area contributed by atoms with Crippen LogP contribution < -0.4 is 19.5 Å². The van der Waals surface area contributed by atoms with E-state index in [9.17, 15) is 18.0 Å². The van der Waals surface area contributed by atoms with Gasteiger partial charge in [0.2, 0.25) is 5.91 Å². The fourth-order valence-corrected chi connectivity index (χ4v) is 5.81. The Hall–Kier alpha value is -2.98. The average Bonchev–Trinajstić information content (AvgIpc) is 3.35. The van der Waals surface area contributed by atoms with Gasteiger partial charge in [0.25, 0.3) is 0 Å². The molecule has 0 saturated carbocycles. The van der Waals surface area contributed by atoms with Crippen molar-refractivity contribution in [2.75, 3.05) is 54.1 Å². The average molecular weight is 564 g/mol. The van der Waals surface area contributed by atoms with Gasteiger partial charge in [0.05, 0.1) is 32.3 Å². The van der Waals surface area contributed by atoms with Gasteiger partial charge < -0.3 is 24.4 Å². The normalized spacial score (nSPS) is 22.2. The number of benzene rings is 2. The summed E-state index contributed by atoms with van der Waals surface area (Å²) in [5.41, 5.74) is 0.273. The number of likely N-dealkylation sites (tertiary alicyclic amines) is 2. The summed E-state index contributed by atoms with van der Waals surface area (Å²) in [6, 6.07) is 11.2. The third-order valence-corrected chi connectivity index (χ3v) is 7.93. The lowest BCUT2D eigenvalue weighted by atomic mass is 9.88. The van der Waals surface area contributed by atoms with Crippen LogP contribution in [-0.4, -0.2) is 75.8 Å². The Balaban J connectivity index is 1.42. The van der Waals surface area contributed by atoms with E-state index in [0.29, 0.717) is 50.1 Å². The van der Waals surface area contributed by atoms with Crippen LogP contribution in [-0.2, 0) is 17.5 Å². The number of rotatable bonds is 11. The molecule has 220 valence electrons. The van der Waals surface area contributed by atoms with Gasteiger partial charge in [0.15, 0.2) is 11.5 Å². The number of alkyl halides is 3. The van der Waals surface area contributed by atoms with Gasteiger partial charge in [-0.2, -0.15) is 13.2 Å². The lowest BCUT2D eigenvalue weighted by Crippen LogP contribution is -2.47. The van der Waals surface area contributed by atoms with Gasteiger partial charge in [-0.15, -0.1) is 0 Å². The molecule has 3 atom stereocenters. The highest BCUT2D eigenvalue weighted by Crippen LogP contribution is 2.33. The van der Waals surface area contributed by atoms with Crippen LogP contribution in [0.5, 0.6) is 17.2 Å². The molecule has 2 saturated heterocycles. The molecule has 0 bridgehead atoms. The zero-order valence-corrected chi connectivity index (χ0v) is 23.5. The van der Waals surface area contributed by atoms with Crippen LogP contribution in [0.3, 0.4) is 0 Å². The highest BCUT2D eigenvalue weighted by atomic mass is 19.4. The second-order valence-corrected chi connectivity index (χ2v) is 10.9. The molecule has 10 heteroatoms. The number of halogens is 3. The van der Waals surface area contributed by atoms with Gasteiger partial charge >= 0.3 is 6.18 Å². The Labute approximate surface area is 234 Å². The third-order valence-electron chi connectivity index (χ3n) is 7.93. The summed E-state index contributed by atoms with van der Waals surface area (Å²) in [7, 11) is 5.31. The van der Waals surface area contributed by atoms with E-state index in [1.54, 1.807) is 14.2 Å². The maximum Gasteiger partial charge on any atom is 0.416 e. The summed E-state index contributed by atoms with van der Waals surface area (Å²) >= 11 is 0. The second-order valence-electron chi connectivity index (χ2n) is 10.9. The number of methoxy groups -OCH3 is 2. The van der Waals surface area contributed by atoms with Crippen LogP contribution in [0, 0.1) is 11.8 Å². The molecular formula is C30H40F3N3O4. The number of carbonyl (C=O) groups is 1. The molecule has 2 fully saturated rings. The number of amides is 1. The van der Waals surface area contributed by atoms with E-state index in [0.717, 1.165) is 37.1 Å². The van der Waals surface area contributed by atoms with E-state index < -0.39 is 11.7 Å². The molecular weight excluding hydrogens is 523 g/mol. The summed E-state index contributed by atoms with van der Waals surface area (Å²) in [6.45, 7) is 3.79. The van der Waals surface area contributed by atoms with Crippen LogP contribution in [0.2, 0.25) is 0 Å². The highest BCUT2D eigenvalue weighted by Gasteiger charge is 2.33. The predicted molar refractivity (Wildman–Crippen MR) is 147 cm³/mol. The Morgan fingerprint density at radius 1 is 1.07 bits per heavy atom. The van der Waals surface area contributed by atoms with Crippen LogP contribution in [0.25, 0.3) is 0 Å². The van der Waals surface area contributed by atoms with E-state index in [-0.39, 0.29) is 30.1 Å². The first kappa shape index (κ1) is 30.0. The monoisotopic (exact) mass is 563 g/mol. The summed E-state index contributed by atoms with van der Waals surface area (Å²) in [6.07, 6.45) is -0.555. The zero-order chi connectivity index (χ0) is 28.7. The number of hydrogen-bond acceptors (Lipinski definition) is 6. The summed E-state index contributed by atoms with van der Waals surface area (Å²) < 4.78 is 56.1. The smallest absolute Gasteiger partial charge is 0.416 e. The molecule has 7 nitrogen and oxygen atoms in total. The van der Waals surface area contributed by atoms with Crippen LogP contribution >= 0.6 is 0 Å². The molecule has 4 rings (SSSR count). The Morgan fingerprint density at radius 3 is 2.58 bits per heavy atom. The van der Waals surface area contributed by atoms with Gasteiger partial charge in [-0.05, 0) is 75.2 Å². The lowest BCUT2D eigenvalue weighted by molar-refractivity contribution is -0.137. The maximum atomic E-state index is 13.3. The molecule has 2 aliphatic heterocycles. The molecule has 2 aromatic carbocycles. The molecule has 2 aromatic rings. The number of carbonyl (C=O) groups excluding carboxylic acids is 1. The fourth-order valence-electron chi connectivity index (χ4n) is 5.81. The first-order chi connectivity index (χ1) is 19.2. The van der Waals surface area contributed by atoms with Crippen molar-refractivity contribution >= 4 is 5.91 Å². The number of nitrogens with zero attached hydrogens (tertiary/aromatic N) is 2. The zero-order valence-electron chi connectivity index (χ0n) is 23.5. The van der Waals surface area contributed by atoms with Gasteiger partial charge in [-0.3, -0.25) is 9.69 Å². The van der Waals surface area contributed by atoms with Crippen molar-refractivity contribution in [2.45, 2.75) is 44.4 Å². The van der Waals surface area contributed by atoms with E-state index in [4.69, 9.17) is 14.2 Å². The van der Waals surface area contributed by atoms with E-state index in [1.165, 1.54) is 18.6 Å². The maximum absolute atomic E-state index is 13.3. The van der Waals surface area contributed by atoms with Crippen molar-refractivity contribution in [1.82, 2.24) is 15.1 Å². The standard InChI is InChI=1S/C30H40F3N3O4/c1-35-13-5-7-25(35)11-12-34-29(37)23-14-22(20-40-26-8-4-6-24(16-26)30(31,32)33)18-36(19-23)17-21-9-10-27(38-2)28(15-21)39-3/h4,6,8-10,15-16,22-23,25H,5,7,11-14,17-20H2,1-3H3,(H,34,37)/t22-,23+,25?/m0/s1. The van der Waals surface area contributed by atoms with E-state index >= 15 is 0 Å². The molecule has 0 aromatic heterocycles. The molecule has 2 aliphatic rings. The van der Waals surface area contributed by atoms with Gasteiger partial charge in [-0.25, -0.2) is 0 Å². The fraction of sp³-hybridized carbons (Fsp3) is 0.567. The number of hydrogen-bond donors (Lipinski definition) is 1. The molecule has 0 radical (unpaired) electrons. The summed E-state index contributed by atoms with van der Waals surface area (Å²) in [5.74, 6) is 1.19. The molecule has 1 unspecified atom stereocenters. The third kappa shape index (κ3) is 8.04. The quantitative estimate of drug-likeness (QED) is 0.422. The van der Waals surface area contributed by atoms with Crippen molar-refractivity contribution in [1.29, 1.82) is 0 Å². The van der Waals surface area contributed by atoms with Gasteiger partial charge in [0.1, 0.15) is 5.75 Å². The minimum absolute atomic E-state index is 0.0155. The molecule has 1 N–H and O–H groups in total. The Kier molecular flexibility index (Phi) is 10.2. The van der Waals surface area contributed by atoms with Gasteiger partial charge in [0, 0.05) is 38.1 Å². The van der Waals surface area contributed by atoms with Crippen molar-refractivity contribution < 1.29 is 32.2 Å². The Morgan fingerprint density at radius 2 is 1.88 bits per heavy atom. The van der Waals surface area contributed by atoms with Crippen molar-refractivity contribution in [3.63, 3.8) is 0 Å². The second kappa shape index (κ2) is 13.6. The predicted octanol–water partition coefficient (Wildman–Crippen LogP) is 4.84. The molecule has 0 aliphatic carbocycles. The number of piperidine rings is 1. The highest BCUT2D eigenvalue weighted by molar-refractivity contribution is 5.79. The SMILES string of the molecule is COc1ccc(CN2C[C@@H](COc3cccc(C(F)(F)F)c3)C[C@@H](C(=O)NCCC3CCCN3C)C2)cc1OC.